The number of nitro groups is 1. The molecule has 0 saturated carbocycles. The van der Waals surface area contributed by atoms with Crippen molar-refractivity contribution in [3.05, 3.63) is 71.1 Å². The Morgan fingerprint density at radius 3 is 2.53 bits per heavy atom. The van der Waals surface area contributed by atoms with Crippen LogP contribution in [0.5, 0.6) is 5.75 Å². The zero-order valence-corrected chi connectivity index (χ0v) is 19.8. The van der Waals surface area contributed by atoms with Gasteiger partial charge in [-0.3, -0.25) is 14.9 Å². The Balaban J connectivity index is 2.22. The Hall–Kier alpha value is -2.59. The summed E-state index contributed by atoms with van der Waals surface area (Å²) in [7, 11) is 1.36. The van der Waals surface area contributed by atoms with E-state index in [0.29, 0.717) is 26.8 Å². The molecular formula is C20H18Br2N4O4. The maximum absolute atomic E-state index is 13.2. The number of fused-ring (bicyclic) bond motifs is 1. The zero-order chi connectivity index (χ0) is 22.2. The number of hydrogen-bond acceptors (Lipinski definition) is 6. The largest absolute Gasteiger partial charge is 0.489 e. The maximum Gasteiger partial charge on any atom is 0.312 e. The fourth-order valence-electron chi connectivity index (χ4n) is 2.88. The van der Waals surface area contributed by atoms with E-state index in [4.69, 9.17) is 4.74 Å². The quantitative estimate of drug-likeness (QED) is 0.264. The van der Waals surface area contributed by atoms with Crippen molar-refractivity contribution in [3.63, 3.8) is 0 Å². The molecule has 30 heavy (non-hydrogen) atoms. The first kappa shape index (κ1) is 22.1. The molecule has 3 rings (SSSR count). The minimum Gasteiger partial charge on any atom is -0.489 e. The van der Waals surface area contributed by atoms with Crippen LogP contribution in [0.2, 0.25) is 0 Å². The summed E-state index contributed by atoms with van der Waals surface area (Å²) in [5.41, 5.74) is -0.00994. The van der Waals surface area contributed by atoms with Crippen LogP contribution in [0.25, 0.3) is 10.9 Å². The van der Waals surface area contributed by atoms with Crippen molar-refractivity contribution < 1.29 is 9.66 Å². The number of ether oxygens (including phenoxy) is 1. The van der Waals surface area contributed by atoms with Gasteiger partial charge in [-0.05, 0) is 40.2 Å². The van der Waals surface area contributed by atoms with Gasteiger partial charge in [0.15, 0.2) is 0 Å². The molecule has 0 aliphatic heterocycles. The number of hydrogen-bond donors (Lipinski definition) is 0. The van der Waals surface area contributed by atoms with E-state index in [1.54, 1.807) is 18.2 Å². The smallest absolute Gasteiger partial charge is 0.312 e. The molecule has 0 bridgehead atoms. The minimum atomic E-state index is -0.539. The lowest BCUT2D eigenvalue weighted by Crippen LogP contribution is -2.29. The zero-order valence-electron chi connectivity index (χ0n) is 16.6. The van der Waals surface area contributed by atoms with Gasteiger partial charge in [0.05, 0.1) is 33.6 Å². The second-order valence-electron chi connectivity index (χ2n) is 7.52. The van der Waals surface area contributed by atoms with Crippen molar-refractivity contribution in [2.75, 3.05) is 7.11 Å². The van der Waals surface area contributed by atoms with Crippen LogP contribution in [0, 0.1) is 10.1 Å². The van der Waals surface area contributed by atoms with Crippen LogP contribution in [0.3, 0.4) is 0 Å². The standard InChI is InChI=1S/C20H18Br2N4O4/c1-20(2,3)19-24-15-6-5-12(21)9-13(15)18(27)25(19)23-10-11-7-14(22)17(30-4)16(8-11)26(28)29/h5-10H,1-4H3. The molecule has 0 amide bonds. The molecule has 0 fully saturated rings. The number of methoxy groups -OCH3 is 1. The van der Waals surface area contributed by atoms with Gasteiger partial charge in [-0.1, -0.05) is 36.7 Å². The highest BCUT2D eigenvalue weighted by molar-refractivity contribution is 9.10. The topological polar surface area (TPSA) is 99.6 Å². The second-order valence-corrected chi connectivity index (χ2v) is 9.29. The highest BCUT2D eigenvalue weighted by Gasteiger charge is 2.23. The van der Waals surface area contributed by atoms with E-state index >= 15 is 0 Å². The molecule has 0 saturated heterocycles. The summed E-state index contributed by atoms with van der Waals surface area (Å²) in [6.45, 7) is 5.79. The molecule has 1 aromatic heterocycles. The van der Waals surface area contributed by atoms with Crippen molar-refractivity contribution in [3.8, 4) is 5.75 Å². The molecule has 10 heteroatoms. The van der Waals surface area contributed by atoms with Crippen LogP contribution in [0.15, 0.2) is 49.2 Å². The molecule has 3 aromatic rings. The first-order valence-electron chi connectivity index (χ1n) is 8.82. The van der Waals surface area contributed by atoms with Gasteiger partial charge >= 0.3 is 5.69 Å². The lowest BCUT2D eigenvalue weighted by atomic mass is 9.95. The number of benzene rings is 2. The van der Waals surface area contributed by atoms with Crippen molar-refractivity contribution in [2.24, 2.45) is 5.10 Å². The number of nitro benzene ring substituents is 1. The van der Waals surface area contributed by atoms with Gasteiger partial charge in [0.1, 0.15) is 5.82 Å². The highest BCUT2D eigenvalue weighted by atomic mass is 79.9. The van der Waals surface area contributed by atoms with E-state index in [0.717, 1.165) is 4.47 Å². The summed E-state index contributed by atoms with van der Waals surface area (Å²) in [4.78, 5) is 28.6. The third-order valence-corrected chi connectivity index (χ3v) is 5.33. The highest BCUT2D eigenvalue weighted by Crippen LogP contribution is 2.35. The molecule has 1 heterocycles. The van der Waals surface area contributed by atoms with E-state index in [1.165, 1.54) is 24.1 Å². The first-order chi connectivity index (χ1) is 14.0. The third kappa shape index (κ3) is 4.29. The Bertz CT molecular complexity index is 1250. The van der Waals surface area contributed by atoms with Crippen LogP contribution >= 0.6 is 31.9 Å². The van der Waals surface area contributed by atoms with E-state index in [2.05, 4.69) is 41.9 Å². The molecule has 0 aliphatic carbocycles. The average molecular weight is 538 g/mol. The van der Waals surface area contributed by atoms with E-state index in [9.17, 15) is 14.9 Å². The van der Waals surface area contributed by atoms with Crippen molar-refractivity contribution >= 4 is 54.7 Å². The molecule has 0 radical (unpaired) electrons. The Morgan fingerprint density at radius 2 is 1.93 bits per heavy atom. The molecule has 0 atom stereocenters. The number of halogens is 2. The molecule has 2 aromatic carbocycles. The molecule has 0 N–H and O–H groups in total. The van der Waals surface area contributed by atoms with Gasteiger partial charge in [0.2, 0.25) is 5.75 Å². The van der Waals surface area contributed by atoms with E-state index in [-0.39, 0.29) is 17.0 Å². The normalized spacial score (nSPS) is 11.9. The number of rotatable bonds is 4. The van der Waals surface area contributed by atoms with Gasteiger partial charge < -0.3 is 4.74 Å². The SMILES string of the molecule is COc1c(Br)cc(C=Nn2c(C(C)(C)C)nc3ccc(Br)cc3c2=O)cc1[N+](=O)[O-]. The Morgan fingerprint density at radius 1 is 1.23 bits per heavy atom. The van der Waals surface area contributed by atoms with Gasteiger partial charge in [-0.2, -0.15) is 9.78 Å². The number of nitrogens with zero attached hydrogens (tertiary/aromatic N) is 4. The number of aromatic nitrogens is 2. The monoisotopic (exact) mass is 536 g/mol. The Kier molecular flexibility index (Phi) is 6.09. The lowest BCUT2D eigenvalue weighted by molar-refractivity contribution is -0.385. The summed E-state index contributed by atoms with van der Waals surface area (Å²) in [5.74, 6) is 0.586. The van der Waals surface area contributed by atoms with Crippen LogP contribution in [0.1, 0.15) is 32.2 Å². The van der Waals surface area contributed by atoms with Gasteiger partial charge in [-0.25, -0.2) is 4.98 Å². The van der Waals surface area contributed by atoms with Crippen LogP contribution < -0.4 is 10.3 Å². The fraction of sp³-hybridized carbons (Fsp3) is 0.250. The van der Waals surface area contributed by atoms with Crippen molar-refractivity contribution in [1.82, 2.24) is 9.66 Å². The van der Waals surface area contributed by atoms with Crippen LogP contribution in [0.4, 0.5) is 5.69 Å². The molecule has 0 spiro atoms. The van der Waals surface area contributed by atoms with Crippen molar-refractivity contribution in [2.45, 2.75) is 26.2 Å². The minimum absolute atomic E-state index is 0.113. The van der Waals surface area contributed by atoms with E-state index in [1.807, 2.05) is 26.8 Å². The van der Waals surface area contributed by atoms with Crippen molar-refractivity contribution in [1.29, 1.82) is 0 Å². The lowest BCUT2D eigenvalue weighted by Gasteiger charge is -2.20. The molecule has 0 unspecified atom stereocenters. The molecule has 156 valence electrons. The van der Waals surface area contributed by atoms with Crippen LogP contribution in [-0.2, 0) is 5.41 Å². The van der Waals surface area contributed by atoms with Gasteiger partial charge in [0, 0.05) is 21.5 Å². The van der Waals surface area contributed by atoms with Crippen LogP contribution in [-0.4, -0.2) is 27.9 Å². The summed E-state index contributed by atoms with van der Waals surface area (Å²) >= 11 is 6.65. The maximum atomic E-state index is 13.2. The summed E-state index contributed by atoms with van der Waals surface area (Å²) in [6, 6.07) is 8.25. The molecule has 0 aliphatic rings. The van der Waals surface area contributed by atoms with Gasteiger partial charge in [0.25, 0.3) is 5.56 Å². The third-order valence-electron chi connectivity index (χ3n) is 4.25. The summed E-state index contributed by atoms with van der Waals surface area (Å²) in [5, 5.41) is 16.1. The second kappa shape index (κ2) is 8.27. The van der Waals surface area contributed by atoms with E-state index < -0.39 is 10.3 Å². The Labute approximate surface area is 189 Å². The average Bonchev–Trinajstić information content (AvgIpc) is 2.66. The predicted molar refractivity (Wildman–Crippen MR) is 123 cm³/mol. The predicted octanol–water partition coefficient (Wildman–Crippen LogP) is 5.02. The summed E-state index contributed by atoms with van der Waals surface area (Å²) < 4.78 is 7.49. The van der Waals surface area contributed by atoms with Gasteiger partial charge in [-0.15, -0.1) is 0 Å². The fourth-order valence-corrected chi connectivity index (χ4v) is 3.87. The summed E-state index contributed by atoms with van der Waals surface area (Å²) in [6.07, 6.45) is 1.39. The first-order valence-corrected chi connectivity index (χ1v) is 10.4. The molecule has 8 nitrogen and oxygen atoms in total. The molecular weight excluding hydrogens is 520 g/mol.